The van der Waals surface area contributed by atoms with Gasteiger partial charge >= 0.3 is 5.97 Å². The molecule has 4 nitrogen and oxygen atoms in total. The highest BCUT2D eigenvalue weighted by molar-refractivity contribution is 5.75. The zero-order valence-electron chi connectivity index (χ0n) is 11.5. The Morgan fingerprint density at radius 1 is 1.19 bits per heavy atom. The van der Waals surface area contributed by atoms with Crippen molar-refractivity contribution in [3.63, 3.8) is 0 Å². The van der Waals surface area contributed by atoms with E-state index >= 15 is 0 Å². The van der Waals surface area contributed by atoms with Gasteiger partial charge in [0.05, 0.1) is 0 Å². The topological polar surface area (TPSA) is 69.6 Å². The van der Waals surface area contributed by atoms with E-state index < -0.39 is 12.0 Å². The summed E-state index contributed by atoms with van der Waals surface area (Å²) in [6.45, 7) is 0. The van der Waals surface area contributed by atoms with Gasteiger partial charge in [-0.05, 0) is 41.7 Å². The number of phenolic OH excluding ortho intramolecular Hbond substituents is 1. The van der Waals surface area contributed by atoms with Crippen molar-refractivity contribution in [3.05, 3.63) is 65.2 Å². The second kappa shape index (κ2) is 5.58. The molecule has 21 heavy (non-hydrogen) atoms. The fourth-order valence-electron chi connectivity index (χ4n) is 2.93. The average molecular weight is 283 g/mol. The van der Waals surface area contributed by atoms with Crippen LogP contribution in [0.5, 0.6) is 5.75 Å². The number of aliphatic carboxylic acids is 1. The van der Waals surface area contributed by atoms with Crippen LogP contribution in [0.3, 0.4) is 0 Å². The van der Waals surface area contributed by atoms with Crippen molar-refractivity contribution >= 4 is 5.97 Å². The van der Waals surface area contributed by atoms with E-state index in [1.165, 1.54) is 0 Å². The Bertz CT molecular complexity index is 654. The maximum absolute atomic E-state index is 11.6. The normalized spacial score (nSPS) is 18.2. The van der Waals surface area contributed by atoms with E-state index in [-0.39, 0.29) is 11.8 Å². The lowest BCUT2D eigenvalue weighted by molar-refractivity contribution is -0.139. The number of rotatable bonds is 4. The van der Waals surface area contributed by atoms with Crippen molar-refractivity contribution in [3.8, 4) is 5.75 Å². The highest BCUT2D eigenvalue weighted by atomic mass is 16.4. The molecular weight excluding hydrogens is 266 g/mol. The molecule has 1 aliphatic rings. The highest BCUT2D eigenvalue weighted by Gasteiger charge is 2.28. The van der Waals surface area contributed by atoms with Crippen LogP contribution < -0.4 is 5.32 Å². The molecule has 2 aromatic rings. The molecule has 2 aromatic carbocycles. The number of nitrogens with one attached hydrogen (secondary N) is 1. The lowest BCUT2D eigenvalue weighted by Crippen LogP contribution is -2.31. The number of aryl methyl sites for hydroxylation is 1. The number of hydrogen-bond acceptors (Lipinski definition) is 3. The van der Waals surface area contributed by atoms with Crippen molar-refractivity contribution in [2.75, 3.05) is 0 Å². The van der Waals surface area contributed by atoms with Crippen molar-refractivity contribution in [2.45, 2.75) is 24.9 Å². The Morgan fingerprint density at radius 3 is 2.67 bits per heavy atom. The maximum Gasteiger partial charge on any atom is 0.325 e. The van der Waals surface area contributed by atoms with E-state index in [0.29, 0.717) is 0 Å². The van der Waals surface area contributed by atoms with E-state index in [1.807, 2.05) is 36.4 Å². The lowest BCUT2D eigenvalue weighted by Gasteiger charge is -2.21. The molecule has 3 rings (SSSR count). The first-order valence-electron chi connectivity index (χ1n) is 7.01. The fraction of sp³-hybridized carbons (Fsp3) is 0.235. The molecule has 0 saturated heterocycles. The van der Waals surface area contributed by atoms with E-state index in [0.717, 1.165) is 29.5 Å². The van der Waals surface area contributed by atoms with E-state index in [9.17, 15) is 15.0 Å². The molecule has 0 aromatic heterocycles. The van der Waals surface area contributed by atoms with Gasteiger partial charge in [0.25, 0.3) is 0 Å². The van der Waals surface area contributed by atoms with Gasteiger partial charge in [0.1, 0.15) is 11.8 Å². The summed E-state index contributed by atoms with van der Waals surface area (Å²) in [7, 11) is 0. The van der Waals surface area contributed by atoms with Crippen LogP contribution in [0.25, 0.3) is 0 Å². The molecule has 1 aliphatic carbocycles. The number of phenols is 1. The van der Waals surface area contributed by atoms with Crippen LogP contribution in [0.15, 0.2) is 48.5 Å². The summed E-state index contributed by atoms with van der Waals surface area (Å²) in [5.74, 6) is -0.624. The fourth-order valence-corrected chi connectivity index (χ4v) is 2.93. The molecule has 0 fully saturated rings. The first-order valence-corrected chi connectivity index (χ1v) is 7.01. The molecule has 0 heterocycles. The summed E-state index contributed by atoms with van der Waals surface area (Å²) < 4.78 is 0. The Labute approximate surface area is 123 Å². The van der Waals surface area contributed by atoms with Crippen molar-refractivity contribution in [1.29, 1.82) is 0 Å². The van der Waals surface area contributed by atoms with E-state index in [2.05, 4.69) is 5.32 Å². The summed E-state index contributed by atoms with van der Waals surface area (Å²) in [6.07, 6.45) is 1.69. The Morgan fingerprint density at radius 2 is 1.95 bits per heavy atom. The van der Waals surface area contributed by atoms with Crippen LogP contribution in [-0.4, -0.2) is 16.2 Å². The summed E-state index contributed by atoms with van der Waals surface area (Å²) in [5, 5.41) is 22.2. The number of fused-ring (bicyclic) bond motifs is 1. The summed E-state index contributed by atoms with van der Waals surface area (Å²) in [4.78, 5) is 11.6. The summed E-state index contributed by atoms with van der Waals surface area (Å²) in [6, 6.07) is 13.7. The maximum atomic E-state index is 11.6. The van der Waals surface area contributed by atoms with Gasteiger partial charge in [-0.1, -0.05) is 36.4 Å². The minimum atomic E-state index is -0.881. The number of hydrogen-bond donors (Lipinski definition) is 3. The highest BCUT2D eigenvalue weighted by Crippen LogP contribution is 2.34. The van der Waals surface area contributed by atoms with Crippen molar-refractivity contribution in [1.82, 2.24) is 5.32 Å². The minimum absolute atomic E-state index is 0.00176. The number of aromatic hydroxyl groups is 1. The first kappa shape index (κ1) is 13.6. The Kier molecular flexibility index (Phi) is 3.62. The third-order valence-corrected chi connectivity index (χ3v) is 3.95. The second-order valence-electron chi connectivity index (χ2n) is 5.32. The van der Waals surface area contributed by atoms with E-state index in [1.54, 1.807) is 12.1 Å². The molecule has 0 spiro atoms. The third-order valence-electron chi connectivity index (χ3n) is 3.95. The van der Waals surface area contributed by atoms with Crippen LogP contribution >= 0.6 is 0 Å². The predicted octanol–water partition coefficient (Wildman–Crippen LogP) is 2.80. The number of carbonyl (C=O) groups is 1. The molecule has 2 atom stereocenters. The molecule has 3 N–H and O–H groups in total. The zero-order valence-corrected chi connectivity index (χ0v) is 11.5. The smallest absolute Gasteiger partial charge is 0.325 e. The van der Waals surface area contributed by atoms with Crippen molar-refractivity contribution < 1.29 is 15.0 Å². The largest absolute Gasteiger partial charge is 0.508 e. The lowest BCUT2D eigenvalue weighted by atomic mass is 10.0. The number of benzene rings is 2. The van der Waals surface area contributed by atoms with Gasteiger partial charge in [-0.2, -0.15) is 0 Å². The van der Waals surface area contributed by atoms with Gasteiger partial charge in [-0.25, -0.2) is 0 Å². The molecule has 0 aliphatic heterocycles. The van der Waals surface area contributed by atoms with Gasteiger partial charge in [0, 0.05) is 6.04 Å². The number of carboxylic acids is 1. The minimum Gasteiger partial charge on any atom is -0.508 e. The van der Waals surface area contributed by atoms with Gasteiger partial charge in [-0.3, -0.25) is 10.1 Å². The third kappa shape index (κ3) is 2.76. The monoisotopic (exact) mass is 283 g/mol. The Hall–Kier alpha value is -2.33. The first-order chi connectivity index (χ1) is 10.1. The van der Waals surface area contributed by atoms with Crippen LogP contribution in [0, 0.1) is 0 Å². The predicted molar refractivity (Wildman–Crippen MR) is 79.1 cm³/mol. The molecule has 0 radical (unpaired) electrons. The molecule has 0 bridgehead atoms. The molecule has 108 valence electrons. The molecule has 4 heteroatoms. The second-order valence-corrected chi connectivity index (χ2v) is 5.32. The standard InChI is InChI=1S/C17H17NO3/c19-13-7-8-14-12(10-13)6-9-15(14)18-16(17(20)21)11-4-2-1-3-5-11/h1-5,7-8,10,15-16,18-19H,6,9H2,(H,20,21). The van der Waals surface area contributed by atoms with Gasteiger partial charge in [0.15, 0.2) is 0 Å². The molecular formula is C17H17NO3. The van der Waals surface area contributed by atoms with Crippen LogP contribution in [0.1, 0.15) is 35.2 Å². The zero-order chi connectivity index (χ0) is 14.8. The van der Waals surface area contributed by atoms with Gasteiger partial charge in [0.2, 0.25) is 0 Å². The summed E-state index contributed by atoms with van der Waals surface area (Å²) in [5.41, 5.74) is 2.91. The van der Waals surface area contributed by atoms with Gasteiger partial charge < -0.3 is 10.2 Å². The van der Waals surface area contributed by atoms with Crippen LogP contribution in [0.2, 0.25) is 0 Å². The Balaban J connectivity index is 1.85. The number of carboxylic acid groups (broad SMARTS) is 1. The quantitative estimate of drug-likeness (QED) is 0.807. The molecule has 2 unspecified atom stereocenters. The van der Waals surface area contributed by atoms with E-state index in [4.69, 9.17) is 0 Å². The average Bonchev–Trinajstić information content (AvgIpc) is 2.87. The van der Waals surface area contributed by atoms with Crippen molar-refractivity contribution in [2.24, 2.45) is 0 Å². The SMILES string of the molecule is O=C(O)C(NC1CCc2cc(O)ccc21)c1ccccc1. The van der Waals surface area contributed by atoms with Gasteiger partial charge in [-0.15, -0.1) is 0 Å². The molecule has 0 amide bonds. The summed E-state index contributed by atoms with van der Waals surface area (Å²) >= 11 is 0. The molecule has 0 saturated carbocycles. The van der Waals surface area contributed by atoms with Crippen LogP contribution in [-0.2, 0) is 11.2 Å². The van der Waals surface area contributed by atoms with Crippen LogP contribution in [0.4, 0.5) is 0 Å².